The molecule has 2 rings (SSSR count). The highest BCUT2D eigenvalue weighted by atomic mass is 16.6. The lowest BCUT2D eigenvalue weighted by molar-refractivity contribution is -0.402. The van der Waals surface area contributed by atoms with Crippen molar-refractivity contribution in [3.63, 3.8) is 0 Å². The van der Waals surface area contributed by atoms with E-state index in [-0.39, 0.29) is 29.6 Å². The monoisotopic (exact) mass is 334 g/mol. The number of furan rings is 1. The Morgan fingerprint density at radius 3 is 2.83 bits per heavy atom. The molecule has 1 unspecified atom stereocenters. The van der Waals surface area contributed by atoms with Crippen LogP contribution in [0.3, 0.4) is 0 Å². The summed E-state index contributed by atoms with van der Waals surface area (Å²) in [4.78, 5) is 21.9. The maximum absolute atomic E-state index is 10.5. The molecule has 2 aromatic rings. The van der Waals surface area contributed by atoms with Gasteiger partial charge < -0.3 is 15.5 Å². The number of nitro groups is 1. The van der Waals surface area contributed by atoms with Crippen molar-refractivity contribution in [1.82, 2.24) is 15.0 Å². The Morgan fingerprint density at radius 2 is 2.17 bits per heavy atom. The van der Waals surface area contributed by atoms with Crippen LogP contribution < -0.4 is 16.5 Å². The molecule has 0 aliphatic rings. The fraction of sp³-hybridized carbons (Fsp3) is 0.385. The number of rotatable bonds is 8. The molecule has 2 heterocycles. The number of hydrazone groups is 1. The SMILES string of the molecule is CCCC(C)Nc1nc(N)nc(N/N=C/c2ccc([N+](=O)[O-])o2)n1. The van der Waals surface area contributed by atoms with Crippen molar-refractivity contribution >= 4 is 29.9 Å². The van der Waals surface area contributed by atoms with E-state index in [1.165, 1.54) is 18.3 Å². The van der Waals surface area contributed by atoms with Gasteiger partial charge in [0.2, 0.25) is 17.8 Å². The third-order valence-electron chi connectivity index (χ3n) is 2.90. The second-order valence-corrected chi connectivity index (χ2v) is 4.98. The quantitative estimate of drug-likeness (QED) is 0.373. The second-order valence-electron chi connectivity index (χ2n) is 4.98. The summed E-state index contributed by atoms with van der Waals surface area (Å²) in [5, 5.41) is 17.5. The number of nitrogens with zero attached hydrogens (tertiary/aromatic N) is 5. The first-order valence-electron chi connectivity index (χ1n) is 7.29. The van der Waals surface area contributed by atoms with E-state index in [0.29, 0.717) is 5.95 Å². The molecule has 0 fully saturated rings. The molecule has 24 heavy (non-hydrogen) atoms. The van der Waals surface area contributed by atoms with Crippen LogP contribution in [0.25, 0.3) is 0 Å². The Balaban J connectivity index is 2.02. The van der Waals surface area contributed by atoms with Crippen LogP contribution in [-0.2, 0) is 0 Å². The summed E-state index contributed by atoms with van der Waals surface area (Å²) in [6, 6.07) is 2.85. The molecule has 0 spiro atoms. The number of hydrogen-bond donors (Lipinski definition) is 3. The molecular weight excluding hydrogens is 316 g/mol. The Morgan fingerprint density at radius 1 is 1.42 bits per heavy atom. The fourth-order valence-electron chi connectivity index (χ4n) is 1.90. The molecule has 0 bridgehead atoms. The molecule has 11 nitrogen and oxygen atoms in total. The minimum Gasteiger partial charge on any atom is -0.400 e. The van der Waals surface area contributed by atoms with E-state index < -0.39 is 4.92 Å². The predicted molar refractivity (Wildman–Crippen MR) is 88.8 cm³/mol. The van der Waals surface area contributed by atoms with Gasteiger partial charge in [-0.2, -0.15) is 20.1 Å². The van der Waals surface area contributed by atoms with Crippen molar-refractivity contribution in [3.8, 4) is 0 Å². The lowest BCUT2D eigenvalue weighted by Crippen LogP contribution is -2.18. The predicted octanol–water partition coefficient (Wildman–Crippen LogP) is 2.00. The first kappa shape index (κ1) is 17.1. The highest BCUT2D eigenvalue weighted by Crippen LogP contribution is 2.14. The van der Waals surface area contributed by atoms with Crippen molar-refractivity contribution in [2.24, 2.45) is 5.10 Å². The summed E-state index contributed by atoms with van der Waals surface area (Å²) in [7, 11) is 0. The Kier molecular flexibility index (Phi) is 5.60. The first-order chi connectivity index (χ1) is 11.5. The minimum atomic E-state index is -0.632. The minimum absolute atomic E-state index is 0.0440. The topological polar surface area (TPSA) is 157 Å². The van der Waals surface area contributed by atoms with E-state index >= 15 is 0 Å². The molecule has 2 aromatic heterocycles. The summed E-state index contributed by atoms with van der Waals surface area (Å²) >= 11 is 0. The zero-order valence-electron chi connectivity index (χ0n) is 13.3. The second kappa shape index (κ2) is 7.85. The summed E-state index contributed by atoms with van der Waals surface area (Å²) in [6.45, 7) is 4.10. The maximum atomic E-state index is 10.5. The molecule has 128 valence electrons. The zero-order valence-corrected chi connectivity index (χ0v) is 13.3. The molecule has 1 atom stereocenters. The van der Waals surface area contributed by atoms with Crippen LogP contribution in [0.15, 0.2) is 21.7 Å². The lowest BCUT2D eigenvalue weighted by Gasteiger charge is -2.12. The van der Waals surface area contributed by atoms with E-state index in [0.717, 1.165) is 12.8 Å². The zero-order chi connectivity index (χ0) is 17.5. The number of aromatic nitrogens is 3. The number of nitrogen functional groups attached to an aromatic ring is 1. The van der Waals surface area contributed by atoms with Crippen molar-refractivity contribution in [1.29, 1.82) is 0 Å². The van der Waals surface area contributed by atoms with Gasteiger partial charge in [-0.15, -0.1) is 0 Å². The molecular formula is C13H18N8O3. The lowest BCUT2D eigenvalue weighted by atomic mass is 10.2. The number of nitrogens with one attached hydrogen (secondary N) is 2. The molecule has 0 saturated carbocycles. The Labute approximate surface area is 137 Å². The highest BCUT2D eigenvalue weighted by molar-refractivity contribution is 5.76. The molecule has 0 aliphatic carbocycles. The number of nitrogens with two attached hydrogens (primary N) is 1. The average Bonchev–Trinajstić information content (AvgIpc) is 2.96. The summed E-state index contributed by atoms with van der Waals surface area (Å²) < 4.78 is 4.93. The van der Waals surface area contributed by atoms with Crippen LogP contribution in [0, 0.1) is 10.1 Å². The van der Waals surface area contributed by atoms with Gasteiger partial charge in [-0.05, 0) is 19.4 Å². The number of anilines is 3. The molecule has 11 heteroatoms. The van der Waals surface area contributed by atoms with Gasteiger partial charge in [0.05, 0.1) is 12.3 Å². The van der Waals surface area contributed by atoms with Gasteiger partial charge in [-0.25, -0.2) is 5.43 Å². The van der Waals surface area contributed by atoms with Gasteiger partial charge in [-0.3, -0.25) is 10.1 Å². The molecule has 0 radical (unpaired) electrons. The third-order valence-corrected chi connectivity index (χ3v) is 2.90. The van der Waals surface area contributed by atoms with Gasteiger partial charge in [0.15, 0.2) is 5.76 Å². The van der Waals surface area contributed by atoms with Gasteiger partial charge >= 0.3 is 5.88 Å². The Bertz CT molecular complexity index is 730. The standard InChI is InChI=1S/C13H18N8O3/c1-3-4-8(2)16-12-17-11(14)18-13(19-12)20-15-7-9-5-6-10(24-9)21(22)23/h5-8H,3-4H2,1-2H3,(H4,14,16,17,18,19,20)/b15-7+. The van der Waals surface area contributed by atoms with Crippen LogP contribution in [0.5, 0.6) is 0 Å². The highest BCUT2D eigenvalue weighted by Gasteiger charge is 2.10. The van der Waals surface area contributed by atoms with E-state index in [9.17, 15) is 10.1 Å². The van der Waals surface area contributed by atoms with Crippen LogP contribution in [0.1, 0.15) is 32.4 Å². The smallest absolute Gasteiger partial charge is 0.400 e. The van der Waals surface area contributed by atoms with Crippen LogP contribution in [-0.4, -0.2) is 32.1 Å². The van der Waals surface area contributed by atoms with Crippen molar-refractivity contribution in [2.75, 3.05) is 16.5 Å². The molecule has 0 aromatic carbocycles. The van der Waals surface area contributed by atoms with Crippen LogP contribution in [0.2, 0.25) is 0 Å². The van der Waals surface area contributed by atoms with Gasteiger partial charge in [-0.1, -0.05) is 13.3 Å². The molecule has 0 aliphatic heterocycles. The molecule has 0 saturated heterocycles. The van der Waals surface area contributed by atoms with E-state index in [2.05, 4.69) is 37.7 Å². The molecule has 0 amide bonds. The third kappa shape index (κ3) is 4.90. The number of hydrogen-bond acceptors (Lipinski definition) is 10. The average molecular weight is 334 g/mol. The van der Waals surface area contributed by atoms with Crippen LogP contribution in [0.4, 0.5) is 23.7 Å². The van der Waals surface area contributed by atoms with E-state index in [1.807, 2.05) is 6.92 Å². The van der Waals surface area contributed by atoms with E-state index in [1.54, 1.807) is 0 Å². The fourth-order valence-corrected chi connectivity index (χ4v) is 1.90. The van der Waals surface area contributed by atoms with Gasteiger partial charge in [0.25, 0.3) is 0 Å². The first-order valence-corrected chi connectivity index (χ1v) is 7.29. The molecule has 4 N–H and O–H groups in total. The largest absolute Gasteiger partial charge is 0.433 e. The summed E-state index contributed by atoms with van der Waals surface area (Å²) in [5.41, 5.74) is 8.22. The van der Waals surface area contributed by atoms with Crippen molar-refractivity contribution < 1.29 is 9.34 Å². The summed E-state index contributed by atoms with van der Waals surface area (Å²) in [6.07, 6.45) is 3.25. The normalized spacial score (nSPS) is 12.2. The maximum Gasteiger partial charge on any atom is 0.433 e. The summed E-state index contributed by atoms with van der Waals surface area (Å²) in [5.74, 6) is 0.381. The Hall–Kier alpha value is -3.24. The van der Waals surface area contributed by atoms with Gasteiger partial charge in [0, 0.05) is 6.04 Å². The van der Waals surface area contributed by atoms with Crippen molar-refractivity contribution in [3.05, 3.63) is 28.0 Å². The van der Waals surface area contributed by atoms with Crippen LogP contribution >= 0.6 is 0 Å². The van der Waals surface area contributed by atoms with Crippen molar-refractivity contribution in [2.45, 2.75) is 32.7 Å². The van der Waals surface area contributed by atoms with E-state index in [4.69, 9.17) is 10.2 Å². The van der Waals surface area contributed by atoms with Gasteiger partial charge in [0.1, 0.15) is 4.92 Å².